The van der Waals surface area contributed by atoms with Gasteiger partial charge in [0.2, 0.25) is 0 Å². The molecular weight excluding hydrogens is 492 g/mol. The Hall–Kier alpha value is -4.71. The lowest BCUT2D eigenvalue weighted by molar-refractivity contribution is -0.134. The third-order valence-electron chi connectivity index (χ3n) is 6.28. The van der Waals surface area contributed by atoms with E-state index in [4.69, 9.17) is 4.74 Å². The van der Waals surface area contributed by atoms with E-state index in [-0.39, 0.29) is 0 Å². The van der Waals surface area contributed by atoms with Crippen molar-refractivity contribution in [1.29, 1.82) is 0 Å². The molecule has 0 radical (unpaired) electrons. The summed E-state index contributed by atoms with van der Waals surface area (Å²) >= 11 is 0. The van der Waals surface area contributed by atoms with E-state index in [1.165, 1.54) is 61.7 Å². The summed E-state index contributed by atoms with van der Waals surface area (Å²) in [7, 11) is 1.25. The second-order valence-electron chi connectivity index (χ2n) is 8.61. The van der Waals surface area contributed by atoms with E-state index >= 15 is 0 Å². The number of methoxy groups -OCH3 is 1. The second kappa shape index (κ2) is 10.3. The van der Waals surface area contributed by atoms with Crippen LogP contribution in [0, 0.1) is 23.3 Å². The number of ether oxygens (including phenoxy) is 1. The van der Waals surface area contributed by atoms with Gasteiger partial charge in [-0.1, -0.05) is 48.5 Å². The van der Waals surface area contributed by atoms with E-state index in [1.54, 1.807) is 48.5 Å². The number of carbonyl (C=O) groups excluding carboxylic acids is 1. The third kappa shape index (κ3) is 4.81. The van der Waals surface area contributed by atoms with Gasteiger partial charge in [-0.05, 0) is 98.7 Å². The van der Waals surface area contributed by atoms with Gasteiger partial charge in [0.1, 0.15) is 23.3 Å². The fourth-order valence-electron chi connectivity index (χ4n) is 4.61. The van der Waals surface area contributed by atoms with E-state index in [0.717, 1.165) is 0 Å². The zero-order chi connectivity index (χ0) is 26.8. The van der Waals surface area contributed by atoms with Crippen LogP contribution in [0.25, 0.3) is 22.3 Å². The van der Waals surface area contributed by atoms with Crippen LogP contribution in [-0.2, 0) is 9.53 Å². The summed E-state index contributed by atoms with van der Waals surface area (Å²) in [6, 6.07) is 23.2. The summed E-state index contributed by atoms with van der Waals surface area (Å²) in [4.78, 5) is 12.6. The normalized spacial score (nSPS) is 13.2. The molecule has 5 rings (SSSR count). The number of esters is 1. The minimum Gasteiger partial charge on any atom is -0.466 e. The summed E-state index contributed by atoms with van der Waals surface area (Å²) in [5.41, 5.74) is 5.15. The van der Waals surface area contributed by atoms with Gasteiger partial charge >= 0.3 is 5.97 Å². The Morgan fingerprint density at radius 1 is 0.500 bits per heavy atom. The van der Waals surface area contributed by atoms with Crippen LogP contribution in [0.4, 0.5) is 17.6 Å². The highest BCUT2D eigenvalue weighted by Crippen LogP contribution is 2.54. The predicted molar refractivity (Wildman–Crippen MR) is 139 cm³/mol. The maximum Gasteiger partial charge on any atom is 0.331 e. The van der Waals surface area contributed by atoms with Crippen LogP contribution in [0.5, 0.6) is 0 Å². The van der Waals surface area contributed by atoms with Gasteiger partial charge in [0.15, 0.2) is 0 Å². The van der Waals surface area contributed by atoms with Crippen LogP contribution < -0.4 is 0 Å². The highest BCUT2D eigenvalue weighted by atomic mass is 19.1. The smallest absolute Gasteiger partial charge is 0.331 e. The molecule has 0 aromatic heterocycles. The van der Waals surface area contributed by atoms with E-state index < -0.39 is 29.2 Å². The van der Waals surface area contributed by atoms with Crippen molar-refractivity contribution in [2.45, 2.75) is 0 Å². The third-order valence-corrected chi connectivity index (χ3v) is 6.28. The molecule has 0 amide bonds. The molecule has 4 aromatic carbocycles. The SMILES string of the molecule is COC(=O)C=C1C(c2ccc(F)cc2)=C(c2ccc(F)cc2)C(c2ccc(F)cc2)=C1c1ccc(F)cc1. The maximum absolute atomic E-state index is 14.0. The van der Waals surface area contributed by atoms with Crippen molar-refractivity contribution in [2.24, 2.45) is 0 Å². The molecule has 0 saturated heterocycles. The van der Waals surface area contributed by atoms with Crippen molar-refractivity contribution in [3.8, 4) is 0 Å². The van der Waals surface area contributed by atoms with Gasteiger partial charge in [0.25, 0.3) is 0 Å². The molecule has 0 bridgehead atoms. The van der Waals surface area contributed by atoms with Crippen LogP contribution in [-0.4, -0.2) is 13.1 Å². The lowest BCUT2D eigenvalue weighted by atomic mass is 9.89. The number of benzene rings is 4. The Kier molecular flexibility index (Phi) is 6.79. The van der Waals surface area contributed by atoms with Crippen molar-refractivity contribution < 1.29 is 27.1 Å². The Morgan fingerprint density at radius 2 is 0.763 bits per heavy atom. The molecule has 0 saturated carbocycles. The summed E-state index contributed by atoms with van der Waals surface area (Å²) in [6.45, 7) is 0. The topological polar surface area (TPSA) is 26.3 Å². The molecular formula is C32H20F4O2. The van der Waals surface area contributed by atoms with Crippen molar-refractivity contribution in [1.82, 2.24) is 0 Å². The first-order valence-corrected chi connectivity index (χ1v) is 11.7. The molecule has 2 nitrogen and oxygen atoms in total. The lowest BCUT2D eigenvalue weighted by Crippen LogP contribution is -2.00. The van der Waals surface area contributed by atoms with Gasteiger partial charge in [-0.3, -0.25) is 0 Å². The monoisotopic (exact) mass is 512 g/mol. The lowest BCUT2D eigenvalue weighted by Gasteiger charge is -2.14. The molecule has 0 heterocycles. The first-order valence-electron chi connectivity index (χ1n) is 11.7. The molecule has 0 aliphatic heterocycles. The van der Waals surface area contributed by atoms with Crippen LogP contribution in [0.15, 0.2) is 109 Å². The molecule has 0 atom stereocenters. The van der Waals surface area contributed by atoms with Crippen LogP contribution in [0.3, 0.4) is 0 Å². The summed E-state index contributed by atoms with van der Waals surface area (Å²) in [6.07, 6.45) is 1.32. The fraction of sp³-hybridized carbons (Fsp3) is 0.0312. The van der Waals surface area contributed by atoms with Gasteiger partial charge in [0.05, 0.1) is 7.11 Å². The predicted octanol–water partition coefficient (Wildman–Crippen LogP) is 7.88. The highest BCUT2D eigenvalue weighted by Gasteiger charge is 2.33. The minimum absolute atomic E-state index is 0.438. The number of rotatable bonds is 5. The molecule has 0 spiro atoms. The Balaban J connectivity index is 1.94. The largest absolute Gasteiger partial charge is 0.466 e. The molecule has 0 N–H and O–H groups in total. The van der Waals surface area contributed by atoms with Gasteiger partial charge < -0.3 is 4.74 Å². The molecule has 6 heteroatoms. The number of carbonyl (C=O) groups is 1. The van der Waals surface area contributed by atoms with E-state index in [9.17, 15) is 22.4 Å². The van der Waals surface area contributed by atoms with Crippen LogP contribution >= 0.6 is 0 Å². The summed E-state index contributed by atoms with van der Waals surface area (Å²) < 4.78 is 60.7. The second-order valence-corrected chi connectivity index (χ2v) is 8.61. The highest BCUT2D eigenvalue weighted by molar-refractivity contribution is 6.35. The molecule has 4 aromatic rings. The van der Waals surface area contributed by atoms with Crippen LogP contribution in [0.2, 0.25) is 0 Å². The number of hydrogen-bond donors (Lipinski definition) is 0. The zero-order valence-electron chi connectivity index (χ0n) is 20.1. The molecule has 188 valence electrons. The van der Waals surface area contributed by atoms with Crippen molar-refractivity contribution >= 4 is 28.3 Å². The van der Waals surface area contributed by atoms with Crippen molar-refractivity contribution in [3.05, 3.63) is 154 Å². The Bertz CT molecular complexity index is 1480. The van der Waals surface area contributed by atoms with Gasteiger partial charge in [-0.25, -0.2) is 22.4 Å². The standard InChI is InChI=1S/C32H20F4O2/c1-38-28(37)18-27-29(19-2-10-23(33)11-3-19)31(21-6-14-25(35)15-7-21)32(22-8-16-26(36)17-9-22)30(27)20-4-12-24(34)13-5-20/h2-18H,1H3. The number of hydrogen-bond acceptors (Lipinski definition) is 2. The first kappa shape index (κ1) is 25.0. The summed E-state index contributed by atoms with van der Waals surface area (Å²) in [5.74, 6) is -2.41. The number of halogens is 4. The van der Waals surface area contributed by atoms with E-state index in [1.807, 2.05) is 0 Å². The molecule has 1 aliphatic rings. The van der Waals surface area contributed by atoms with Gasteiger partial charge in [-0.2, -0.15) is 0 Å². The fourth-order valence-corrected chi connectivity index (χ4v) is 4.61. The Labute approximate surface area is 216 Å². The maximum atomic E-state index is 14.0. The zero-order valence-corrected chi connectivity index (χ0v) is 20.1. The summed E-state index contributed by atoms with van der Waals surface area (Å²) in [5, 5.41) is 0. The molecule has 0 fully saturated rings. The van der Waals surface area contributed by atoms with Gasteiger partial charge in [0, 0.05) is 6.08 Å². The van der Waals surface area contributed by atoms with Gasteiger partial charge in [-0.15, -0.1) is 0 Å². The molecule has 0 unspecified atom stereocenters. The Morgan fingerprint density at radius 3 is 1.03 bits per heavy atom. The van der Waals surface area contributed by atoms with Crippen LogP contribution in [0.1, 0.15) is 22.3 Å². The van der Waals surface area contributed by atoms with Crippen molar-refractivity contribution in [2.75, 3.05) is 7.11 Å². The molecule has 1 aliphatic carbocycles. The first-order chi connectivity index (χ1) is 18.4. The minimum atomic E-state index is -0.641. The van der Waals surface area contributed by atoms with Crippen molar-refractivity contribution in [3.63, 3.8) is 0 Å². The average molecular weight is 513 g/mol. The number of allylic oxidation sites excluding steroid dienone is 5. The quantitative estimate of drug-likeness (QED) is 0.155. The van der Waals surface area contributed by atoms with E-state index in [0.29, 0.717) is 50.1 Å². The van der Waals surface area contributed by atoms with E-state index in [2.05, 4.69) is 0 Å². The average Bonchev–Trinajstić information content (AvgIpc) is 3.24. The molecule has 38 heavy (non-hydrogen) atoms.